The highest BCUT2D eigenvalue weighted by Gasteiger charge is 2.41. The summed E-state index contributed by atoms with van der Waals surface area (Å²) in [4.78, 5) is 39.7. The first kappa shape index (κ1) is 23.9. The largest absolute Gasteiger partial charge is 0.469 e. The zero-order chi connectivity index (χ0) is 24.2. The molecule has 0 unspecified atom stereocenters. The normalized spacial score (nSPS) is 11.2. The molecule has 9 nitrogen and oxygen atoms in total. The van der Waals surface area contributed by atoms with Crippen LogP contribution in [0.5, 0.6) is 0 Å². The summed E-state index contributed by atoms with van der Waals surface area (Å²) >= 11 is 1.11. The Labute approximate surface area is 189 Å². The lowest BCUT2D eigenvalue weighted by molar-refractivity contribution is -0.143. The molecule has 0 spiro atoms. The molecule has 3 rings (SSSR count). The van der Waals surface area contributed by atoms with Gasteiger partial charge in [-0.05, 0) is 31.2 Å². The number of ether oxygens (including phenoxy) is 2. The van der Waals surface area contributed by atoms with E-state index in [1.165, 1.54) is 38.3 Å². The van der Waals surface area contributed by atoms with E-state index in [1.807, 2.05) is 0 Å². The number of carbonyl (C=O) groups excluding carboxylic acids is 3. The van der Waals surface area contributed by atoms with Crippen molar-refractivity contribution in [3.63, 3.8) is 0 Å². The second kappa shape index (κ2) is 9.81. The van der Waals surface area contributed by atoms with E-state index in [9.17, 15) is 27.6 Å². The van der Waals surface area contributed by atoms with Gasteiger partial charge >= 0.3 is 18.1 Å². The Bertz CT molecular complexity index is 1170. The van der Waals surface area contributed by atoms with Gasteiger partial charge in [-0.3, -0.25) is 14.9 Å². The van der Waals surface area contributed by atoms with Gasteiger partial charge in [0.15, 0.2) is 10.8 Å². The summed E-state index contributed by atoms with van der Waals surface area (Å²) < 4.78 is 50.6. The fourth-order valence-corrected chi connectivity index (χ4v) is 3.47. The molecule has 0 aliphatic rings. The molecule has 2 heterocycles. The maximum Gasteiger partial charge on any atom is 0.434 e. The minimum atomic E-state index is -4.87. The van der Waals surface area contributed by atoms with Crippen molar-refractivity contribution in [3.8, 4) is 5.69 Å². The van der Waals surface area contributed by atoms with Gasteiger partial charge in [0, 0.05) is 10.9 Å². The molecule has 0 bridgehead atoms. The van der Waals surface area contributed by atoms with Gasteiger partial charge in [0.05, 0.1) is 37.7 Å². The molecular weight excluding hydrogens is 465 g/mol. The van der Waals surface area contributed by atoms with E-state index in [4.69, 9.17) is 0 Å². The van der Waals surface area contributed by atoms with Crippen molar-refractivity contribution >= 4 is 34.3 Å². The average Bonchev–Trinajstić information content (AvgIpc) is 3.41. The maximum atomic E-state index is 13.6. The molecule has 0 fully saturated rings. The van der Waals surface area contributed by atoms with Gasteiger partial charge in [-0.25, -0.2) is 14.5 Å². The predicted molar refractivity (Wildman–Crippen MR) is 110 cm³/mol. The van der Waals surface area contributed by atoms with Crippen LogP contribution in [0.1, 0.15) is 39.0 Å². The van der Waals surface area contributed by atoms with Crippen LogP contribution in [-0.4, -0.2) is 46.3 Å². The van der Waals surface area contributed by atoms with Gasteiger partial charge in [-0.15, -0.1) is 11.3 Å². The third kappa shape index (κ3) is 5.55. The first-order valence-electron chi connectivity index (χ1n) is 9.39. The smallest absolute Gasteiger partial charge is 0.434 e. The first-order valence-corrected chi connectivity index (χ1v) is 10.3. The Morgan fingerprint density at radius 1 is 1.18 bits per heavy atom. The molecule has 0 saturated heterocycles. The molecule has 1 N–H and O–H groups in total. The molecule has 0 atom stereocenters. The van der Waals surface area contributed by atoms with Crippen LogP contribution in [0.25, 0.3) is 5.69 Å². The van der Waals surface area contributed by atoms with Gasteiger partial charge in [0.25, 0.3) is 5.91 Å². The highest BCUT2D eigenvalue weighted by molar-refractivity contribution is 7.14. The van der Waals surface area contributed by atoms with Crippen LogP contribution in [0.3, 0.4) is 0 Å². The Kier molecular flexibility index (Phi) is 7.11. The van der Waals surface area contributed by atoms with Gasteiger partial charge in [-0.1, -0.05) is 0 Å². The Morgan fingerprint density at radius 3 is 2.48 bits per heavy atom. The number of aromatic nitrogens is 3. The van der Waals surface area contributed by atoms with Crippen LogP contribution in [0, 0.1) is 0 Å². The second-order valence-corrected chi connectivity index (χ2v) is 7.29. The number of halogens is 3. The molecule has 0 aliphatic carbocycles. The van der Waals surface area contributed by atoms with Crippen molar-refractivity contribution in [1.29, 1.82) is 0 Å². The SMILES string of the molecule is CCOC(=O)c1cnn(-c2ccc(C(=O)Nc3nc(CC(=O)OC)cs3)cc2)c1C(F)(F)F. The van der Waals surface area contributed by atoms with E-state index in [1.54, 1.807) is 5.38 Å². The average molecular weight is 482 g/mol. The van der Waals surface area contributed by atoms with Crippen molar-refractivity contribution in [2.45, 2.75) is 19.5 Å². The fraction of sp³-hybridized carbons (Fsp3) is 0.250. The molecule has 0 aliphatic heterocycles. The number of thiazole rings is 1. The molecular formula is C20H17F3N4O5S. The number of nitrogens with one attached hydrogen (secondary N) is 1. The van der Waals surface area contributed by atoms with E-state index < -0.39 is 35.3 Å². The molecule has 1 aromatic carbocycles. The standard InChI is InChI=1S/C20H17F3N4O5S/c1-3-32-18(30)14-9-24-27(16(14)20(21,22)23)13-6-4-11(5-7-13)17(29)26-19-25-12(10-33-19)8-15(28)31-2/h4-7,9-10H,3,8H2,1-2H3,(H,25,26,29). The topological polar surface area (TPSA) is 112 Å². The van der Waals surface area contributed by atoms with Gasteiger partial charge in [0.2, 0.25) is 0 Å². The van der Waals surface area contributed by atoms with Gasteiger partial charge < -0.3 is 9.47 Å². The summed E-state index contributed by atoms with van der Waals surface area (Å²) in [5, 5.41) is 8.07. The van der Waals surface area contributed by atoms with Crippen LogP contribution in [-0.2, 0) is 26.9 Å². The van der Waals surface area contributed by atoms with E-state index in [2.05, 4.69) is 24.9 Å². The molecule has 3 aromatic rings. The van der Waals surface area contributed by atoms with Gasteiger partial charge in [-0.2, -0.15) is 18.3 Å². The van der Waals surface area contributed by atoms with Crippen LogP contribution >= 0.6 is 11.3 Å². The first-order chi connectivity index (χ1) is 15.6. The number of hydrogen-bond donors (Lipinski definition) is 1. The monoisotopic (exact) mass is 482 g/mol. The number of carbonyl (C=O) groups is 3. The van der Waals surface area contributed by atoms with E-state index >= 15 is 0 Å². The number of amides is 1. The number of methoxy groups -OCH3 is 1. The number of anilines is 1. The minimum absolute atomic E-state index is 0.0102. The van der Waals surface area contributed by atoms with Crippen LogP contribution in [0.2, 0.25) is 0 Å². The summed E-state index contributed by atoms with van der Waals surface area (Å²) in [7, 11) is 1.25. The lowest BCUT2D eigenvalue weighted by atomic mass is 10.2. The summed E-state index contributed by atoms with van der Waals surface area (Å²) in [6.45, 7) is 1.39. The van der Waals surface area contributed by atoms with Crippen LogP contribution < -0.4 is 5.32 Å². The van der Waals surface area contributed by atoms with Crippen LogP contribution in [0.15, 0.2) is 35.8 Å². The number of rotatable bonds is 7. The molecule has 33 heavy (non-hydrogen) atoms. The van der Waals surface area contributed by atoms with Crippen molar-refractivity contribution in [3.05, 3.63) is 58.4 Å². The van der Waals surface area contributed by atoms with E-state index in [-0.39, 0.29) is 29.4 Å². The third-order valence-corrected chi connectivity index (χ3v) is 5.04. The minimum Gasteiger partial charge on any atom is -0.469 e. The third-order valence-electron chi connectivity index (χ3n) is 4.23. The molecule has 1 amide bonds. The van der Waals surface area contributed by atoms with Crippen molar-refractivity contribution in [2.24, 2.45) is 0 Å². The highest BCUT2D eigenvalue weighted by atomic mass is 32.1. The van der Waals surface area contributed by atoms with Gasteiger partial charge in [0.1, 0.15) is 5.56 Å². The lowest BCUT2D eigenvalue weighted by Gasteiger charge is -2.12. The summed E-state index contributed by atoms with van der Waals surface area (Å²) in [5.74, 6) is -2.16. The van der Waals surface area contributed by atoms with E-state index in [0.29, 0.717) is 10.4 Å². The van der Waals surface area contributed by atoms with Crippen LogP contribution in [0.4, 0.5) is 18.3 Å². The summed E-state index contributed by atoms with van der Waals surface area (Å²) in [6.07, 6.45) is -4.13. The quantitative estimate of drug-likeness (QED) is 0.513. The summed E-state index contributed by atoms with van der Waals surface area (Å²) in [6, 6.07) is 5.13. The zero-order valence-corrected chi connectivity index (χ0v) is 18.1. The number of hydrogen-bond acceptors (Lipinski definition) is 8. The highest BCUT2D eigenvalue weighted by Crippen LogP contribution is 2.34. The number of benzene rings is 1. The van der Waals surface area contributed by atoms with Crippen molar-refractivity contribution < 1.29 is 37.0 Å². The lowest BCUT2D eigenvalue weighted by Crippen LogP contribution is -2.18. The number of alkyl halides is 3. The molecule has 174 valence electrons. The molecule has 0 saturated carbocycles. The zero-order valence-electron chi connectivity index (χ0n) is 17.3. The molecule has 0 radical (unpaired) electrons. The number of esters is 2. The Hall–Kier alpha value is -3.74. The molecule has 13 heteroatoms. The predicted octanol–water partition coefficient (Wildman–Crippen LogP) is 3.49. The number of nitrogens with zero attached hydrogens (tertiary/aromatic N) is 3. The Balaban J connectivity index is 1.80. The fourth-order valence-electron chi connectivity index (χ4n) is 2.76. The Morgan fingerprint density at radius 2 is 1.88 bits per heavy atom. The van der Waals surface area contributed by atoms with E-state index in [0.717, 1.165) is 17.5 Å². The summed E-state index contributed by atoms with van der Waals surface area (Å²) in [5.41, 5.74) is -1.43. The molecule has 2 aromatic heterocycles. The van der Waals surface area contributed by atoms with Crippen molar-refractivity contribution in [1.82, 2.24) is 14.8 Å². The maximum absolute atomic E-state index is 13.6. The second-order valence-electron chi connectivity index (χ2n) is 6.43. The van der Waals surface area contributed by atoms with Crippen molar-refractivity contribution in [2.75, 3.05) is 19.0 Å².